The van der Waals surface area contributed by atoms with E-state index in [1.807, 2.05) is 0 Å². The molecule has 1 aromatic carbocycles. The van der Waals surface area contributed by atoms with E-state index < -0.39 is 23.5 Å². The van der Waals surface area contributed by atoms with Crippen LogP contribution < -0.4 is 0 Å². The zero-order chi connectivity index (χ0) is 14.9. The Bertz CT molecular complexity index is 668. The fourth-order valence-electron chi connectivity index (χ4n) is 1.61. The van der Waals surface area contributed by atoms with Gasteiger partial charge in [-0.05, 0) is 18.2 Å². The van der Waals surface area contributed by atoms with E-state index in [0.717, 1.165) is 24.4 Å². The zero-order valence-electron chi connectivity index (χ0n) is 9.78. The van der Waals surface area contributed by atoms with Crippen molar-refractivity contribution < 1.29 is 27.5 Å². The summed E-state index contributed by atoms with van der Waals surface area (Å²) in [5, 5.41) is 8.67. The summed E-state index contributed by atoms with van der Waals surface area (Å²) < 4.78 is 51.4. The van der Waals surface area contributed by atoms with Gasteiger partial charge in [-0.25, -0.2) is 9.18 Å². The van der Waals surface area contributed by atoms with Crippen molar-refractivity contribution in [3.05, 3.63) is 53.5 Å². The van der Waals surface area contributed by atoms with E-state index in [1.54, 1.807) is 0 Å². The molecule has 0 atom stereocenters. The molecule has 1 heterocycles. The van der Waals surface area contributed by atoms with Gasteiger partial charge < -0.3 is 5.11 Å². The third-order valence-electron chi connectivity index (χ3n) is 2.55. The summed E-state index contributed by atoms with van der Waals surface area (Å²) in [4.78, 5) is 14.2. The summed E-state index contributed by atoms with van der Waals surface area (Å²) in [5.41, 5.74) is -1.72. The van der Waals surface area contributed by atoms with Gasteiger partial charge in [-0.1, -0.05) is 12.1 Å². The van der Waals surface area contributed by atoms with Crippen molar-refractivity contribution in [1.82, 2.24) is 4.98 Å². The number of hydrogen-bond acceptors (Lipinski definition) is 2. The lowest BCUT2D eigenvalue weighted by molar-refractivity contribution is -0.137. The molecule has 0 fully saturated rings. The Hall–Kier alpha value is -2.44. The number of alkyl halides is 3. The number of carboxylic acids is 1. The highest BCUT2D eigenvalue weighted by atomic mass is 19.4. The van der Waals surface area contributed by atoms with Crippen molar-refractivity contribution in [2.45, 2.75) is 6.18 Å². The van der Waals surface area contributed by atoms with E-state index >= 15 is 0 Å². The smallest absolute Gasteiger partial charge is 0.416 e. The van der Waals surface area contributed by atoms with Crippen LogP contribution in [0.25, 0.3) is 11.3 Å². The van der Waals surface area contributed by atoms with Crippen LogP contribution in [0.3, 0.4) is 0 Å². The summed E-state index contributed by atoms with van der Waals surface area (Å²) in [5.74, 6) is -2.36. The Labute approximate surface area is 110 Å². The minimum atomic E-state index is -4.55. The van der Waals surface area contributed by atoms with Crippen LogP contribution in [0.2, 0.25) is 0 Å². The summed E-state index contributed by atoms with van der Waals surface area (Å²) >= 11 is 0. The summed E-state index contributed by atoms with van der Waals surface area (Å²) in [6, 6.07) is 4.72. The number of aromatic nitrogens is 1. The summed E-state index contributed by atoms with van der Waals surface area (Å²) in [7, 11) is 0. The van der Waals surface area contributed by atoms with Gasteiger partial charge in [0.25, 0.3) is 0 Å². The highest BCUT2D eigenvalue weighted by Crippen LogP contribution is 2.32. The highest BCUT2D eigenvalue weighted by Gasteiger charge is 2.30. The minimum Gasteiger partial charge on any atom is -0.478 e. The Morgan fingerprint density at radius 1 is 1.20 bits per heavy atom. The maximum atomic E-state index is 13.7. The van der Waals surface area contributed by atoms with Gasteiger partial charge >= 0.3 is 12.1 Å². The van der Waals surface area contributed by atoms with Crippen molar-refractivity contribution in [2.24, 2.45) is 0 Å². The number of benzene rings is 1. The van der Waals surface area contributed by atoms with E-state index in [4.69, 9.17) is 5.11 Å². The van der Waals surface area contributed by atoms with Crippen LogP contribution in [0, 0.1) is 5.82 Å². The van der Waals surface area contributed by atoms with Crippen LogP contribution in [-0.2, 0) is 6.18 Å². The molecule has 1 aromatic heterocycles. The Balaban J connectivity index is 2.49. The number of halogens is 4. The van der Waals surface area contributed by atoms with Gasteiger partial charge in [-0.2, -0.15) is 13.2 Å². The number of hydrogen-bond donors (Lipinski definition) is 1. The fourth-order valence-corrected chi connectivity index (χ4v) is 1.61. The lowest BCUT2D eigenvalue weighted by Gasteiger charge is -2.09. The first-order chi connectivity index (χ1) is 9.29. The second-order valence-electron chi connectivity index (χ2n) is 3.94. The van der Waals surface area contributed by atoms with Gasteiger partial charge in [0.2, 0.25) is 0 Å². The zero-order valence-corrected chi connectivity index (χ0v) is 9.78. The molecule has 0 spiro atoms. The maximum Gasteiger partial charge on any atom is 0.416 e. The van der Waals surface area contributed by atoms with E-state index in [2.05, 4.69) is 4.98 Å². The van der Waals surface area contributed by atoms with Crippen LogP contribution in [0.1, 0.15) is 15.9 Å². The molecule has 0 saturated heterocycles. The first-order valence-corrected chi connectivity index (χ1v) is 5.35. The van der Waals surface area contributed by atoms with E-state index in [1.165, 1.54) is 6.07 Å². The molecule has 3 nitrogen and oxygen atoms in total. The molecule has 0 saturated carbocycles. The predicted octanol–water partition coefficient (Wildman–Crippen LogP) is 3.60. The van der Waals surface area contributed by atoms with Crippen molar-refractivity contribution in [3.63, 3.8) is 0 Å². The molecule has 0 radical (unpaired) electrons. The third kappa shape index (κ3) is 2.76. The molecule has 1 N–H and O–H groups in total. The van der Waals surface area contributed by atoms with Gasteiger partial charge in [0.15, 0.2) is 0 Å². The molecular weight excluding hydrogens is 278 g/mol. The van der Waals surface area contributed by atoms with Crippen molar-refractivity contribution in [2.75, 3.05) is 0 Å². The van der Waals surface area contributed by atoms with Crippen molar-refractivity contribution >= 4 is 5.97 Å². The monoisotopic (exact) mass is 285 g/mol. The average molecular weight is 285 g/mol. The first kappa shape index (κ1) is 14.0. The van der Waals surface area contributed by atoms with E-state index in [9.17, 15) is 22.4 Å². The molecule has 7 heteroatoms. The standard InChI is InChI=1S/C13H7F4NO2/c14-10-5-8(12(19)20)6-18-11(10)7-2-1-3-9(4-7)13(15,16)17/h1-6H,(H,19,20). The molecular formula is C13H7F4NO2. The van der Waals surface area contributed by atoms with Crippen LogP contribution in [0.5, 0.6) is 0 Å². The molecule has 2 aromatic rings. The highest BCUT2D eigenvalue weighted by molar-refractivity contribution is 5.87. The van der Waals surface area contributed by atoms with E-state index in [0.29, 0.717) is 6.07 Å². The van der Waals surface area contributed by atoms with Crippen LogP contribution in [-0.4, -0.2) is 16.1 Å². The molecule has 0 unspecified atom stereocenters. The topological polar surface area (TPSA) is 50.2 Å². The molecule has 0 bridgehead atoms. The number of carbonyl (C=O) groups is 1. The number of rotatable bonds is 2. The number of carboxylic acid groups (broad SMARTS) is 1. The quantitative estimate of drug-likeness (QED) is 0.858. The molecule has 0 aliphatic rings. The molecule has 0 aliphatic heterocycles. The van der Waals surface area contributed by atoms with Crippen LogP contribution in [0.15, 0.2) is 36.5 Å². The van der Waals surface area contributed by atoms with E-state index in [-0.39, 0.29) is 16.8 Å². The van der Waals surface area contributed by atoms with Crippen molar-refractivity contribution in [3.8, 4) is 11.3 Å². The third-order valence-corrected chi connectivity index (χ3v) is 2.55. The first-order valence-electron chi connectivity index (χ1n) is 5.35. The SMILES string of the molecule is O=C(O)c1cnc(-c2cccc(C(F)(F)F)c2)c(F)c1. The minimum absolute atomic E-state index is 0.0748. The Morgan fingerprint density at radius 2 is 1.90 bits per heavy atom. The second kappa shape index (κ2) is 4.92. The van der Waals surface area contributed by atoms with Gasteiger partial charge in [0, 0.05) is 11.8 Å². The summed E-state index contributed by atoms with van der Waals surface area (Å²) in [6.07, 6.45) is -3.66. The second-order valence-corrected chi connectivity index (χ2v) is 3.94. The molecule has 20 heavy (non-hydrogen) atoms. The molecule has 0 amide bonds. The molecule has 104 valence electrons. The molecule has 2 rings (SSSR count). The van der Waals surface area contributed by atoms with Crippen LogP contribution in [0.4, 0.5) is 17.6 Å². The predicted molar refractivity (Wildman–Crippen MR) is 61.6 cm³/mol. The van der Waals surface area contributed by atoms with Gasteiger partial charge in [0.05, 0.1) is 11.1 Å². The largest absolute Gasteiger partial charge is 0.478 e. The Kier molecular flexibility index (Phi) is 3.44. The fraction of sp³-hybridized carbons (Fsp3) is 0.0769. The number of pyridine rings is 1. The lowest BCUT2D eigenvalue weighted by Crippen LogP contribution is -2.05. The van der Waals surface area contributed by atoms with Crippen molar-refractivity contribution in [1.29, 1.82) is 0 Å². The van der Waals surface area contributed by atoms with Gasteiger partial charge in [-0.3, -0.25) is 4.98 Å². The normalized spacial score (nSPS) is 11.4. The lowest BCUT2D eigenvalue weighted by atomic mass is 10.1. The number of nitrogens with zero attached hydrogens (tertiary/aromatic N) is 1. The van der Waals surface area contributed by atoms with Crippen LogP contribution >= 0.6 is 0 Å². The Morgan fingerprint density at radius 3 is 2.45 bits per heavy atom. The summed E-state index contributed by atoms with van der Waals surface area (Å²) in [6.45, 7) is 0. The molecule has 0 aliphatic carbocycles. The van der Waals surface area contributed by atoms with Gasteiger partial charge in [0.1, 0.15) is 11.5 Å². The van der Waals surface area contributed by atoms with Gasteiger partial charge in [-0.15, -0.1) is 0 Å². The average Bonchev–Trinajstić information content (AvgIpc) is 2.37. The number of aromatic carboxylic acids is 1. The maximum absolute atomic E-state index is 13.7.